The van der Waals surface area contributed by atoms with Crippen molar-refractivity contribution in [1.29, 1.82) is 0 Å². The number of methoxy groups -OCH3 is 2. The molecule has 0 aromatic heterocycles. The predicted octanol–water partition coefficient (Wildman–Crippen LogP) is 3.16. The van der Waals surface area contributed by atoms with Crippen molar-refractivity contribution < 1.29 is 29.0 Å². The number of halogens is 1. The summed E-state index contributed by atoms with van der Waals surface area (Å²) in [4.78, 5) is 36.3. The summed E-state index contributed by atoms with van der Waals surface area (Å²) in [5.41, 5.74) is 0.583. The number of aromatic hydroxyl groups is 1. The van der Waals surface area contributed by atoms with Gasteiger partial charge in [0.2, 0.25) is 0 Å². The number of hydrogen-bond acceptors (Lipinski definition) is 6. The number of hydrogen-bond donors (Lipinski definition) is 1. The van der Waals surface area contributed by atoms with Crippen LogP contribution >= 0.6 is 11.6 Å². The van der Waals surface area contributed by atoms with Crippen LogP contribution in [0.5, 0.6) is 5.75 Å². The zero-order chi connectivity index (χ0) is 18.7. The smallest absolute Gasteiger partial charge is 0.337 e. The Morgan fingerprint density at radius 2 is 1.36 bits per heavy atom. The van der Waals surface area contributed by atoms with Crippen LogP contribution in [-0.4, -0.2) is 37.0 Å². The van der Waals surface area contributed by atoms with E-state index in [1.165, 1.54) is 44.6 Å². The van der Waals surface area contributed by atoms with Crippen LogP contribution in [-0.2, 0) is 9.47 Å². The number of carbonyl (C=O) groups excluding carboxylic acids is 3. The number of rotatable bonds is 4. The van der Waals surface area contributed by atoms with E-state index in [0.29, 0.717) is 10.6 Å². The fourth-order valence-electron chi connectivity index (χ4n) is 2.23. The van der Waals surface area contributed by atoms with E-state index < -0.39 is 17.7 Å². The molecule has 1 N–H and O–H groups in total. The standard InChI is InChI=1S/C18H15ClO6/c1-9-4-15(20)13(8-14(9)19)16(21)10-5-11(17(22)24-2)7-12(6-10)18(23)25-3/h4-8,20H,1-3H3. The zero-order valence-electron chi connectivity index (χ0n) is 13.8. The van der Waals surface area contributed by atoms with Crippen molar-refractivity contribution in [2.24, 2.45) is 0 Å². The molecule has 2 aromatic rings. The monoisotopic (exact) mass is 362 g/mol. The van der Waals surface area contributed by atoms with Crippen LogP contribution in [0.1, 0.15) is 42.2 Å². The molecule has 0 aliphatic rings. The van der Waals surface area contributed by atoms with Crippen LogP contribution < -0.4 is 0 Å². The molecule has 0 bridgehead atoms. The third-order valence-electron chi connectivity index (χ3n) is 3.56. The summed E-state index contributed by atoms with van der Waals surface area (Å²) in [7, 11) is 2.36. The first-order valence-corrected chi connectivity index (χ1v) is 7.51. The van der Waals surface area contributed by atoms with Gasteiger partial charge in [0.1, 0.15) is 5.75 Å². The number of ether oxygens (including phenoxy) is 2. The van der Waals surface area contributed by atoms with E-state index in [1.807, 2.05) is 0 Å². The van der Waals surface area contributed by atoms with Gasteiger partial charge in [-0.3, -0.25) is 4.79 Å². The molecule has 0 atom stereocenters. The van der Waals surface area contributed by atoms with Gasteiger partial charge in [-0.05, 0) is 42.8 Å². The Balaban J connectivity index is 2.61. The molecule has 0 aliphatic carbocycles. The first-order chi connectivity index (χ1) is 11.8. The number of carbonyl (C=O) groups is 3. The third kappa shape index (κ3) is 3.80. The van der Waals surface area contributed by atoms with E-state index in [-0.39, 0.29) is 28.0 Å². The van der Waals surface area contributed by atoms with Crippen LogP contribution in [0.3, 0.4) is 0 Å². The molecule has 0 heterocycles. The van der Waals surface area contributed by atoms with Crippen LogP contribution in [0.15, 0.2) is 30.3 Å². The number of aryl methyl sites for hydroxylation is 1. The van der Waals surface area contributed by atoms with Crippen molar-refractivity contribution in [3.05, 3.63) is 63.2 Å². The number of esters is 2. The van der Waals surface area contributed by atoms with Crippen molar-refractivity contribution in [3.63, 3.8) is 0 Å². The molecule has 0 spiro atoms. The summed E-state index contributed by atoms with van der Waals surface area (Å²) in [6, 6.07) is 6.50. The molecule has 0 fully saturated rings. The van der Waals surface area contributed by atoms with Gasteiger partial charge >= 0.3 is 11.9 Å². The van der Waals surface area contributed by atoms with Crippen molar-refractivity contribution in [1.82, 2.24) is 0 Å². The third-order valence-corrected chi connectivity index (χ3v) is 3.97. The van der Waals surface area contributed by atoms with E-state index >= 15 is 0 Å². The summed E-state index contributed by atoms with van der Waals surface area (Å²) >= 11 is 6.01. The SMILES string of the molecule is COC(=O)c1cc(C(=O)OC)cc(C(=O)c2cc(Cl)c(C)cc2O)c1. The molecule has 130 valence electrons. The maximum absolute atomic E-state index is 12.7. The Labute approximate surface area is 148 Å². The van der Waals surface area contributed by atoms with E-state index in [4.69, 9.17) is 11.6 Å². The lowest BCUT2D eigenvalue weighted by Gasteiger charge is -2.10. The van der Waals surface area contributed by atoms with Gasteiger partial charge in [0.15, 0.2) is 5.78 Å². The predicted molar refractivity (Wildman–Crippen MR) is 90.4 cm³/mol. The minimum Gasteiger partial charge on any atom is -0.507 e. The van der Waals surface area contributed by atoms with Crippen LogP contribution in [0.25, 0.3) is 0 Å². The largest absolute Gasteiger partial charge is 0.507 e. The molecule has 7 heteroatoms. The Morgan fingerprint density at radius 3 is 1.84 bits per heavy atom. The van der Waals surface area contributed by atoms with Gasteiger partial charge in [-0.15, -0.1) is 0 Å². The molecule has 0 amide bonds. The van der Waals surface area contributed by atoms with Gasteiger partial charge in [-0.2, -0.15) is 0 Å². The summed E-state index contributed by atoms with van der Waals surface area (Å²) in [5.74, 6) is -2.29. The maximum Gasteiger partial charge on any atom is 0.337 e. The maximum atomic E-state index is 12.7. The summed E-state index contributed by atoms with van der Waals surface area (Å²) in [5, 5.41) is 10.3. The Bertz CT molecular complexity index is 838. The second kappa shape index (κ2) is 7.36. The molecular weight excluding hydrogens is 348 g/mol. The highest BCUT2D eigenvalue weighted by Crippen LogP contribution is 2.28. The molecule has 25 heavy (non-hydrogen) atoms. The lowest BCUT2D eigenvalue weighted by molar-refractivity contribution is 0.0599. The average Bonchev–Trinajstić information content (AvgIpc) is 2.62. The van der Waals surface area contributed by atoms with Crippen molar-refractivity contribution in [3.8, 4) is 5.75 Å². The van der Waals surface area contributed by atoms with Crippen molar-refractivity contribution in [2.75, 3.05) is 14.2 Å². The van der Waals surface area contributed by atoms with Gasteiger partial charge < -0.3 is 14.6 Å². The topological polar surface area (TPSA) is 89.9 Å². The Morgan fingerprint density at radius 1 is 0.880 bits per heavy atom. The molecule has 0 radical (unpaired) electrons. The minimum absolute atomic E-state index is 0.00597. The first kappa shape index (κ1) is 18.5. The van der Waals surface area contributed by atoms with E-state index in [1.54, 1.807) is 6.92 Å². The molecule has 6 nitrogen and oxygen atoms in total. The van der Waals surface area contributed by atoms with Crippen molar-refractivity contribution >= 4 is 29.3 Å². The molecule has 2 rings (SSSR count). The van der Waals surface area contributed by atoms with Crippen LogP contribution in [0.4, 0.5) is 0 Å². The van der Waals surface area contributed by atoms with Crippen molar-refractivity contribution in [2.45, 2.75) is 6.92 Å². The van der Waals surface area contributed by atoms with Gasteiger partial charge in [0.05, 0.1) is 30.9 Å². The van der Waals surface area contributed by atoms with Gasteiger partial charge in [-0.25, -0.2) is 9.59 Å². The quantitative estimate of drug-likeness (QED) is 0.663. The van der Waals surface area contributed by atoms with Crippen LogP contribution in [0, 0.1) is 6.92 Å². The highest BCUT2D eigenvalue weighted by Gasteiger charge is 2.20. The first-order valence-electron chi connectivity index (χ1n) is 7.14. The number of ketones is 1. The number of phenols is 1. The Kier molecular flexibility index (Phi) is 5.44. The zero-order valence-corrected chi connectivity index (χ0v) is 14.5. The highest BCUT2D eigenvalue weighted by molar-refractivity contribution is 6.32. The minimum atomic E-state index is -0.717. The molecule has 0 unspecified atom stereocenters. The second-order valence-corrected chi connectivity index (χ2v) is 5.64. The highest BCUT2D eigenvalue weighted by atomic mass is 35.5. The summed E-state index contributed by atoms with van der Waals surface area (Å²) < 4.78 is 9.26. The normalized spacial score (nSPS) is 10.2. The molecule has 2 aromatic carbocycles. The summed E-state index contributed by atoms with van der Waals surface area (Å²) in [6.07, 6.45) is 0. The van der Waals surface area contributed by atoms with E-state index in [0.717, 1.165) is 0 Å². The second-order valence-electron chi connectivity index (χ2n) is 5.23. The molecular formula is C18H15ClO6. The lowest BCUT2D eigenvalue weighted by Crippen LogP contribution is -2.11. The average molecular weight is 363 g/mol. The van der Waals surface area contributed by atoms with Gasteiger partial charge in [0.25, 0.3) is 0 Å². The van der Waals surface area contributed by atoms with Gasteiger partial charge in [0, 0.05) is 10.6 Å². The Hall–Kier alpha value is -2.86. The van der Waals surface area contributed by atoms with Gasteiger partial charge in [-0.1, -0.05) is 11.6 Å². The van der Waals surface area contributed by atoms with E-state index in [2.05, 4.69) is 9.47 Å². The molecule has 0 saturated carbocycles. The molecule has 0 saturated heterocycles. The fraction of sp³-hybridized carbons (Fsp3) is 0.167. The lowest BCUT2D eigenvalue weighted by atomic mass is 9.97. The summed E-state index contributed by atoms with van der Waals surface area (Å²) in [6.45, 7) is 1.68. The molecule has 0 aliphatic heterocycles. The fourth-order valence-corrected chi connectivity index (χ4v) is 2.40. The van der Waals surface area contributed by atoms with E-state index in [9.17, 15) is 19.5 Å². The number of phenolic OH excluding ortho intramolecular Hbond substituents is 1. The number of benzene rings is 2. The van der Waals surface area contributed by atoms with Crippen LogP contribution in [0.2, 0.25) is 5.02 Å².